The first-order valence-electron chi connectivity index (χ1n) is 3.51. The molecule has 0 aliphatic rings. The lowest BCUT2D eigenvalue weighted by Crippen LogP contribution is -2.22. The van der Waals surface area contributed by atoms with Gasteiger partial charge in [-0.25, -0.2) is 4.98 Å². The minimum atomic E-state index is -4.92. The third-order valence-electron chi connectivity index (χ3n) is 1.35. The van der Waals surface area contributed by atoms with Crippen molar-refractivity contribution in [2.45, 2.75) is 19.5 Å². The van der Waals surface area contributed by atoms with E-state index in [1.165, 1.54) is 0 Å². The summed E-state index contributed by atoms with van der Waals surface area (Å²) in [4.78, 5) is 13.7. The number of oxazole rings is 1. The number of hydrogen-bond donors (Lipinski definition) is 0. The van der Waals surface area contributed by atoms with E-state index in [2.05, 4.69) is 9.40 Å². The molecule has 0 radical (unpaired) electrons. The van der Waals surface area contributed by atoms with E-state index < -0.39 is 17.9 Å². The molecule has 1 aromatic rings. The number of ketones is 1. The van der Waals surface area contributed by atoms with E-state index in [1.807, 2.05) is 0 Å². The van der Waals surface area contributed by atoms with Crippen LogP contribution in [0, 0.1) is 0 Å². The van der Waals surface area contributed by atoms with Gasteiger partial charge in [0.2, 0.25) is 0 Å². The molecule has 0 fully saturated rings. The Morgan fingerprint density at radius 2 is 2.23 bits per heavy atom. The van der Waals surface area contributed by atoms with Gasteiger partial charge in [0, 0.05) is 6.42 Å². The van der Waals surface area contributed by atoms with Crippen LogP contribution in [0.4, 0.5) is 13.2 Å². The van der Waals surface area contributed by atoms with Crippen LogP contribution in [-0.4, -0.2) is 16.9 Å². The van der Waals surface area contributed by atoms with E-state index in [-0.39, 0.29) is 5.76 Å². The number of nitrogens with zero attached hydrogens (tertiary/aromatic N) is 1. The lowest BCUT2D eigenvalue weighted by molar-refractivity contribution is -0.0903. The van der Waals surface area contributed by atoms with Crippen molar-refractivity contribution >= 4 is 5.78 Å². The number of alkyl halides is 3. The molecule has 0 spiro atoms. The van der Waals surface area contributed by atoms with Gasteiger partial charge in [-0.2, -0.15) is 13.2 Å². The molecule has 1 heterocycles. The van der Waals surface area contributed by atoms with Crippen LogP contribution in [0.25, 0.3) is 0 Å². The second kappa shape index (κ2) is 3.20. The second-order valence-electron chi connectivity index (χ2n) is 2.31. The second-order valence-corrected chi connectivity index (χ2v) is 2.31. The molecule has 0 aliphatic heterocycles. The highest BCUT2D eigenvalue weighted by molar-refractivity contribution is 5.96. The quantitative estimate of drug-likeness (QED) is 0.674. The summed E-state index contributed by atoms with van der Waals surface area (Å²) in [7, 11) is 0. The van der Waals surface area contributed by atoms with Crippen molar-refractivity contribution in [2.75, 3.05) is 0 Å². The van der Waals surface area contributed by atoms with Crippen LogP contribution in [0.1, 0.15) is 23.4 Å². The van der Waals surface area contributed by atoms with Crippen molar-refractivity contribution in [1.82, 2.24) is 4.98 Å². The summed E-state index contributed by atoms with van der Waals surface area (Å²) in [5.41, 5.74) is 0. The van der Waals surface area contributed by atoms with Crippen molar-refractivity contribution in [3.05, 3.63) is 17.8 Å². The zero-order chi connectivity index (χ0) is 10.1. The first-order chi connectivity index (χ1) is 5.95. The fourth-order valence-corrected chi connectivity index (χ4v) is 0.697. The number of rotatable bonds is 2. The van der Waals surface area contributed by atoms with Gasteiger partial charge >= 0.3 is 12.0 Å². The fourth-order valence-electron chi connectivity index (χ4n) is 0.697. The number of carbonyl (C=O) groups is 1. The minimum Gasteiger partial charge on any atom is -0.439 e. The largest absolute Gasteiger partial charge is 0.459 e. The van der Waals surface area contributed by atoms with Crippen molar-refractivity contribution in [2.24, 2.45) is 0 Å². The highest BCUT2D eigenvalue weighted by Crippen LogP contribution is 2.21. The molecule has 1 rings (SSSR count). The maximum absolute atomic E-state index is 11.8. The van der Waals surface area contributed by atoms with Gasteiger partial charge in [-0.3, -0.25) is 4.79 Å². The highest BCUT2D eigenvalue weighted by atomic mass is 19.4. The smallest absolute Gasteiger partial charge is 0.439 e. The highest BCUT2D eigenvalue weighted by Gasteiger charge is 2.42. The lowest BCUT2D eigenvalue weighted by Gasteiger charge is -1.99. The molecule has 0 saturated carbocycles. The fraction of sp³-hybridized carbons (Fsp3) is 0.429. The third kappa shape index (κ3) is 2.07. The van der Waals surface area contributed by atoms with Gasteiger partial charge < -0.3 is 4.42 Å². The van der Waals surface area contributed by atoms with E-state index in [0.29, 0.717) is 6.42 Å². The monoisotopic (exact) mass is 193 g/mol. The standard InChI is InChI=1S/C7H6F3NO2/c1-2-4-3-11-6(13-4)5(12)7(8,9)10/h3H,2H2,1H3. The number of Topliss-reactive ketones (excluding diaryl/α,β-unsaturated/α-hetero) is 1. The van der Waals surface area contributed by atoms with Crippen LogP contribution < -0.4 is 0 Å². The molecule has 0 aromatic carbocycles. The Morgan fingerprint density at radius 1 is 1.62 bits per heavy atom. The molecule has 0 bridgehead atoms. The van der Waals surface area contributed by atoms with Gasteiger partial charge in [0.25, 0.3) is 5.89 Å². The average molecular weight is 193 g/mol. The van der Waals surface area contributed by atoms with Gasteiger partial charge in [0.05, 0.1) is 6.20 Å². The van der Waals surface area contributed by atoms with Crippen LogP contribution >= 0.6 is 0 Å². The topological polar surface area (TPSA) is 43.1 Å². The summed E-state index contributed by atoms with van der Waals surface area (Å²) in [5.74, 6) is -2.69. The molecular formula is C7H6F3NO2. The first kappa shape index (κ1) is 9.76. The molecule has 6 heteroatoms. The molecule has 0 saturated heterocycles. The first-order valence-corrected chi connectivity index (χ1v) is 3.51. The van der Waals surface area contributed by atoms with Crippen LogP contribution in [0.5, 0.6) is 0 Å². The van der Waals surface area contributed by atoms with Gasteiger partial charge in [0.1, 0.15) is 5.76 Å². The zero-order valence-corrected chi connectivity index (χ0v) is 6.68. The summed E-state index contributed by atoms with van der Waals surface area (Å²) in [6.07, 6.45) is -3.41. The molecule has 1 aromatic heterocycles. The van der Waals surface area contributed by atoms with Crippen molar-refractivity contribution < 1.29 is 22.4 Å². The summed E-state index contributed by atoms with van der Waals surface area (Å²) < 4.78 is 39.9. The molecule has 0 amide bonds. The maximum atomic E-state index is 11.8. The normalized spacial score (nSPS) is 11.7. The summed E-state index contributed by atoms with van der Waals surface area (Å²) >= 11 is 0. The Hall–Kier alpha value is -1.33. The van der Waals surface area contributed by atoms with E-state index >= 15 is 0 Å². The van der Waals surface area contributed by atoms with Gasteiger partial charge in [-0.05, 0) is 0 Å². The van der Waals surface area contributed by atoms with E-state index in [0.717, 1.165) is 6.20 Å². The van der Waals surface area contributed by atoms with Gasteiger partial charge in [-0.1, -0.05) is 6.92 Å². The van der Waals surface area contributed by atoms with Crippen molar-refractivity contribution in [3.63, 3.8) is 0 Å². The molecule has 0 N–H and O–H groups in total. The van der Waals surface area contributed by atoms with Gasteiger partial charge in [0.15, 0.2) is 0 Å². The molecular weight excluding hydrogens is 187 g/mol. The SMILES string of the molecule is CCc1cnc(C(=O)C(F)(F)F)o1. The number of hydrogen-bond acceptors (Lipinski definition) is 3. The molecule has 0 aliphatic carbocycles. The Bertz CT molecular complexity index is 316. The number of aromatic nitrogens is 1. The molecule has 3 nitrogen and oxygen atoms in total. The lowest BCUT2D eigenvalue weighted by atomic mass is 10.4. The minimum absolute atomic E-state index is 0.257. The summed E-state index contributed by atoms with van der Waals surface area (Å²) in [6.45, 7) is 1.68. The van der Waals surface area contributed by atoms with E-state index in [9.17, 15) is 18.0 Å². The van der Waals surface area contributed by atoms with E-state index in [1.54, 1.807) is 6.92 Å². The van der Waals surface area contributed by atoms with Crippen molar-refractivity contribution in [1.29, 1.82) is 0 Å². The van der Waals surface area contributed by atoms with Crippen LogP contribution in [0.2, 0.25) is 0 Å². The number of carbonyl (C=O) groups excluding carboxylic acids is 1. The van der Waals surface area contributed by atoms with Crippen LogP contribution in [0.3, 0.4) is 0 Å². The molecule has 0 unspecified atom stereocenters. The Kier molecular flexibility index (Phi) is 2.40. The number of halogens is 3. The molecule has 72 valence electrons. The number of aryl methyl sites for hydroxylation is 1. The van der Waals surface area contributed by atoms with Gasteiger partial charge in [-0.15, -0.1) is 0 Å². The molecule has 13 heavy (non-hydrogen) atoms. The Labute approximate surface area is 71.6 Å². The summed E-state index contributed by atoms with van der Waals surface area (Å²) in [5, 5.41) is 0. The predicted molar refractivity (Wildman–Crippen MR) is 36.3 cm³/mol. The van der Waals surface area contributed by atoms with Crippen LogP contribution in [0.15, 0.2) is 10.6 Å². The Morgan fingerprint density at radius 3 is 2.62 bits per heavy atom. The predicted octanol–water partition coefficient (Wildman–Crippen LogP) is 1.98. The average Bonchev–Trinajstić information content (AvgIpc) is 2.48. The summed E-state index contributed by atoms with van der Waals surface area (Å²) in [6, 6.07) is 0. The van der Waals surface area contributed by atoms with Crippen molar-refractivity contribution in [3.8, 4) is 0 Å². The zero-order valence-electron chi connectivity index (χ0n) is 6.68. The van der Waals surface area contributed by atoms with Crippen LogP contribution in [-0.2, 0) is 6.42 Å². The maximum Gasteiger partial charge on any atom is 0.459 e. The third-order valence-corrected chi connectivity index (χ3v) is 1.35. The Balaban J connectivity index is 2.90. The van der Waals surface area contributed by atoms with E-state index in [4.69, 9.17) is 0 Å². The molecule has 0 atom stereocenters.